The van der Waals surface area contributed by atoms with E-state index in [9.17, 15) is 9.18 Å². The maximum Gasteiger partial charge on any atom is 0.323 e. The van der Waals surface area contributed by atoms with E-state index in [-0.39, 0.29) is 5.82 Å². The molecule has 0 aliphatic carbocycles. The van der Waals surface area contributed by atoms with E-state index in [1.54, 1.807) is 12.1 Å². The lowest BCUT2D eigenvalue weighted by Gasteiger charge is -2.09. The number of amides is 2. The van der Waals surface area contributed by atoms with E-state index in [0.29, 0.717) is 16.4 Å². The zero-order chi connectivity index (χ0) is 13.8. The summed E-state index contributed by atoms with van der Waals surface area (Å²) in [5.41, 5.74) is 1.02. The van der Waals surface area contributed by atoms with Crippen LogP contribution in [0.5, 0.6) is 0 Å². The second kappa shape index (κ2) is 6.21. The molecule has 0 aliphatic rings. The van der Waals surface area contributed by atoms with Crippen LogP contribution in [0.15, 0.2) is 42.5 Å². The summed E-state index contributed by atoms with van der Waals surface area (Å²) in [5, 5.41) is 5.66. The van der Waals surface area contributed by atoms with Crippen LogP contribution in [0, 0.1) is 9.39 Å². The fourth-order valence-corrected chi connectivity index (χ4v) is 2.31. The minimum absolute atomic E-state index is 0.355. The first-order valence-corrected chi connectivity index (χ1v) is 6.79. The predicted molar refractivity (Wildman–Crippen MR) is 83.2 cm³/mol. The van der Waals surface area contributed by atoms with Crippen molar-refractivity contribution in [1.82, 2.24) is 0 Å². The molecule has 0 aliphatic heterocycles. The topological polar surface area (TPSA) is 41.1 Å². The van der Waals surface area contributed by atoms with Crippen LogP contribution in [0.4, 0.5) is 20.6 Å². The number of hydrogen-bond donors (Lipinski definition) is 2. The molecule has 0 bridgehead atoms. The zero-order valence-electron chi connectivity index (χ0n) is 9.58. The van der Waals surface area contributed by atoms with Gasteiger partial charge in [-0.3, -0.25) is 0 Å². The first kappa shape index (κ1) is 14.1. The largest absolute Gasteiger partial charge is 0.323 e. The lowest BCUT2D eigenvalue weighted by molar-refractivity contribution is 0.262. The highest BCUT2D eigenvalue weighted by Crippen LogP contribution is 2.24. The monoisotopic (exact) mass is 390 g/mol. The summed E-state index contributed by atoms with van der Waals surface area (Å²) < 4.78 is 13.7. The summed E-state index contributed by atoms with van der Waals surface area (Å²) in [7, 11) is 0. The number of benzene rings is 2. The molecule has 19 heavy (non-hydrogen) atoms. The molecule has 0 saturated carbocycles. The Morgan fingerprint density at radius 2 is 1.79 bits per heavy atom. The van der Waals surface area contributed by atoms with Gasteiger partial charge in [0.1, 0.15) is 5.82 Å². The van der Waals surface area contributed by atoms with Crippen LogP contribution in [0.3, 0.4) is 0 Å². The van der Waals surface area contributed by atoms with Gasteiger partial charge in [-0.25, -0.2) is 9.18 Å². The van der Waals surface area contributed by atoms with Crippen LogP contribution in [0.25, 0.3) is 0 Å². The number of nitrogens with one attached hydrogen (secondary N) is 2. The molecule has 0 atom stereocenters. The molecule has 2 aromatic rings. The quantitative estimate of drug-likeness (QED) is 0.715. The lowest BCUT2D eigenvalue weighted by Crippen LogP contribution is -2.19. The Balaban J connectivity index is 2.03. The lowest BCUT2D eigenvalue weighted by atomic mass is 10.3. The van der Waals surface area contributed by atoms with Crippen molar-refractivity contribution < 1.29 is 9.18 Å². The maximum absolute atomic E-state index is 12.7. The molecule has 2 rings (SSSR count). The van der Waals surface area contributed by atoms with Crippen LogP contribution in [0.2, 0.25) is 5.02 Å². The number of hydrogen-bond acceptors (Lipinski definition) is 1. The van der Waals surface area contributed by atoms with E-state index in [0.717, 1.165) is 3.57 Å². The molecule has 6 heteroatoms. The van der Waals surface area contributed by atoms with Gasteiger partial charge in [-0.1, -0.05) is 11.6 Å². The van der Waals surface area contributed by atoms with Crippen molar-refractivity contribution in [1.29, 1.82) is 0 Å². The van der Waals surface area contributed by atoms with E-state index < -0.39 is 6.03 Å². The second-order valence-electron chi connectivity index (χ2n) is 3.71. The number of urea groups is 1. The van der Waals surface area contributed by atoms with Gasteiger partial charge in [0.2, 0.25) is 0 Å². The SMILES string of the molecule is O=C(Nc1ccc(F)cc1)Nc1ccc(I)cc1Cl. The van der Waals surface area contributed by atoms with Gasteiger partial charge in [0.05, 0.1) is 10.7 Å². The fraction of sp³-hybridized carbons (Fsp3) is 0. The summed E-state index contributed by atoms with van der Waals surface area (Å²) in [5.74, 6) is -0.355. The van der Waals surface area contributed by atoms with E-state index in [4.69, 9.17) is 11.6 Å². The highest BCUT2D eigenvalue weighted by atomic mass is 127. The molecule has 0 spiro atoms. The number of rotatable bonds is 2. The van der Waals surface area contributed by atoms with Crippen LogP contribution < -0.4 is 10.6 Å². The van der Waals surface area contributed by atoms with Crippen molar-refractivity contribution in [2.24, 2.45) is 0 Å². The Bertz CT molecular complexity index is 604. The molecule has 2 N–H and O–H groups in total. The Morgan fingerprint density at radius 3 is 2.42 bits per heavy atom. The molecular formula is C13H9ClFIN2O. The summed E-state index contributed by atoms with van der Waals surface area (Å²) in [6.07, 6.45) is 0. The Morgan fingerprint density at radius 1 is 1.11 bits per heavy atom. The van der Waals surface area contributed by atoms with Crippen molar-refractivity contribution in [2.45, 2.75) is 0 Å². The highest BCUT2D eigenvalue weighted by molar-refractivity contribution is 14.1. The molecule has 98 valence electrons. The van der Waals surface area contributed by atoms with E-state index in [1.807, 2.05) is 6.07 Å². The number of carbonyl (C=O) groups is 1. The first-order valence-electron chi connectivity index (χ1n) is 5.33. The third-order valence-electron chi connectivity index (χ3n) is 2.28. The van der Waals surface area contributed by atoms with Crippen LogP contribution >= 0.6 is 34.2 Å². The van der Waals surface area contributed by atoms with Gasteiger partial charge in [0, 0.05) is 9.26 Å². The van der Waals surface area contributed by atoms with Gasteiger partial charge >= 0.3 is 6.03 Å². The van der Waals surface area contributed by atoms with Crippen molar-refractivity contribution in [3.8, 4) is 0 Å². The van der Waals surface area contributed by atoms with Crippen LogP contribution in [-0.2, 0) is 0 Å². The standard InChI is InChI=1S/C13H9ClFIN2O/c14-11-7-9(16)3-6-12(11)18-13(19)17-10-4-1-8(15)2-5-10/h1-7H,(H2,17,18,19). The first-order chi connectivity index (χ1) is 9.04. The van der Waals surface area contributed by atoms with Crippen molar-refractivity contribution >= 4 is 51.6 Å². The number of anilines is 2. The van der Waals surface area contributed by atoms with Crippen molar-refractivity contribution in [3.63, 3.8) is 0 Å². The Hall–Kier alpha value is -1.34. The smallest absolute Gasteiger partial charge is 0.308 e. The number of halogens is 3. The van der Waals surface area contributed by atoms with Gasteiger partial charge in [-0.15, -0.1) is 0 Å². The molecule has 0 radical (unpaired) electrons. The minimum Gasteiger partial charge on any atom is -0.308 e. The van der Waals surface area contributed by atoms with E-state index in [1.165, 1.54) is 24.3 Å². The molecular weight excluding hydrogens is 382 g/mol. The predicted octanol–water partition coefficient (Wildman–Crippen LogP) is 4.73. The summed E-state index contributed by atoms with van der Waals surface area (Å²) in [6.45, 7) is 0. The maximum atomic E-state index is 12.7. The third kappa shape index (κ3) is 4.07. The van der Waals surface area contributed by atoms with Gasteiger partial charge in [-0.05, 0) is 65.1 Å². The minimum atomic E-state index is -0.435. The fourth-order valence-electron chi connectivity index (χ4n) is 1.41. The average Bonchev–Trinajstić information content (AvgIpc) is 2.36. The van der Waals surface area contributed by atoms with E-state index >= 15 is 0 Å². The Labute approximate surface area is 128 Å². The molecule has 0 aromatic heterocycles. The summed E-state index contributed by atoms with van der Waals surface area (Å²) in [6, 6.07) is 10.4. The third-order valence-corrected chi connectivity index (χ3v) is 3.27. The molecule has 2 amide bonds. The molecule has 0 heterocycles. The zero-order valence-corrected chi connectivity index (χ0v) is 12.5. The van der Waals surface area contributed by atoms with Crippen LogP contribution in [0.1, 0.15) is 0 Å². The molecule has 2 aromatic carbocycles. The second-order valence-corrected chi connectivity index (χ2v) is 5.36. The Kier molecular flexibility index (Phi) is 4.60. The summed E-state index contributed by atoms with van der Waals surface area (Å²) in [4.78, 5) is 11.7. The van der Waals surface area contributed by atoms with Gasteiger partial charge in [-0.2, -0.15) is 0 Å². The van der Waals surface area contributed by atoms with Gasteiger partial charge in [0.15, 0.2) is 0 Å². The molecule has 0 unspecified atom stereocenters. The van der Waals surface area contributed by atoms with Gasteiger partial charge in [0.25, 0.3) is 0 Å². The van der Waals surface area contributed by atoms with E-state index in [2.05, 4.69) is 33.2 Å². The van der Waals surface area contributed by atoms with Gasteiger partial charge < -0.3 is 10.6 Å². The summed E-state index contributed by atoms with van der Waals surface area (Å²) >= 11 is 8.13. The van der Waals surface area contributed by atoms with Crippen LogP contribution in [-0.4, -0.2) is 6.03 Å². The van der Waals surface area contributed by atoms with Crippen molar-refractivity contribution in [2.75, 3.05) is 10.6 Å². The highest BCUT2D eigenvalue weighted by Gasteiger charge is 2.06. The average molecular weight is 391 g/mol. The molecule has 0 saturated heterocycles. The normalized spacial score (nSPS) is 10.1. The molecule has 0 fully saturated rings. The molecule has 3 nitrogen and oxygen atoms in total. The van der Waals surface area contributed by atoms with Crippen molar-refractivity contribution in [3.05, 3.63) is 56.9 Å². The number of carbonyl (C=O) groups excluding carboxylic acids is 1.